The average Bonchev–Trinajstić information content (AvgIpc) is 2.73. The van der Waals surface area contributed by atoms with Crippen molar-refractivity contribution in [3.63, 3.8) is 0 Å². The Kier molecular flexibility index (Phi) is 7.00. The summed E-state index contributed by atoms with van der Waals surface area (Å²) in [5.41, 5.74) is 2.47. The number of amides is 3. The van der Waals surface area contributed by atoms with Crippen molar-refractivity contribution in [1.29, 1.82) is 0 Å². The van der Waals surface area contributed by atoms with Crippen molar-refractivity contribution in [2.75, 3.05) is 5.32 Å². The summed E-state index contributed by atoms with van der Waals surface area (Å²) >= 11 is 0. The average molecular weight is 383 g/mol. The van der Waals surface area contributed by atoms with E-state index in [4.69, 9.17) is 0 Å². The van der Waals surface area contributed by atoms with Gasteiger partial charge in [-0.1, -0.05) is 43.5 Å². The monoisotopic (exact) mass is 383 g/mol. The molecule has 2 aromatic rings. The minimum Gasteiger partial charge on any atom is -0.352 e. The highest BCUT2D eigenvalue weighted by Crippen LogP contribution is 2.23. The van der Waals surface area contributed by atoms with E-state index in [1.54, 1.807) is 24.3 Å². The number of hydrogen-bond acceptors (Lipinski definition) is 2. The first kappa shape index (κ1) is 19.9. The quantitative estimate of drug-likeness (QED) is 0.694. The summed E-state index contributed by atoms with van der Waals surface area (Å²) in [5, 5.41) is 8.49. The van der Waals surface area contributed by atoms with Gasteiger partial charge in [0.15, 0.2) is 0 Å². The minimum absolute atomic E-state index is 0.141. The fraction of sp³-hybridized carbons (Fsp3) is 0.364. The predicted octanol–water partition coefficient (Wildman–Crippen LogP) is 4.34. The predicted molar refractivity (Wildman–Crippen MR) is 107 cm³/mol. The van der Waals surface area contributed by atoms with Gasteiger partial charge in [-0.15, -0.1) is 0 Å². The first-order valence-electron chi connectivity index (χ1n) is 9.76. The van der Waals surface area contributed by atoms with Crippen LogP contribution in [0.15, 0.2) is 48.5 Å². The number of halogens is 1. The molecule has 148 valence electrons. The van der Waals surface area contributed by atoms with Crippen LogP contribution >= 0.6 is 0 Å². The summed E-state index contributed by atoms with van der Waals surface area (Å²) in [4.78, 5) is 24.2. The maximum absolute atomic E-state index is 12.9. The standard InChI is InChI=1S/C22H26FN3O2/c23-19-10-6-16(7-11-19)15-25-22(28)26-20-12-8-17(9-13-20)14-24-21(27)18-4-2-1-3-5-18/h6-13,18H,1-5,14-15H2,(H,24,27)(H2,25,26,28). The zero-order valence-corrected chi connectivity index (χ0v) is 15.8. The number of rotatable bonds is 6. The summed E-state index contributed by atoms with van der Waals surface area (Å²) in [6.07, 6.45) is 5.49. The highest BCUT2D eigenvalue weighted by Gasteiger charge is 2.20. The summed E-state index contributed by atoms with van der Waals surface area (Å²) in [6.45, 7) is 0.809. The Morgan fingerprint density at radius 3 is 2.04 bits per heavy atom. The molecule has 0 aliphatic heterocycles. The third kappa shape index (κ3) is 6.08. The number of nitrogens with one attached hydrogen (secondary N) is 3. The molecule has 0 aromatic heterocycles. The Labute approximate surface area is 164 Å². The Hall–Kier alpha value is -2.89. The van der Waals surface area contributed by atoms with Crippen LogP contribution in [0.2, 0.25) is 0 Å². The molecule has 0 spiro atoms. The zero-order chi connectivity index (χ0) is 19.8. The number of hydrogen-bond donors (Lipinski definition) is 3. The lowest BCUT2D eigenvalue weighted by Crippen LogP contribution is -2.31. The lowest BCUT2D eigenvalue weighted by Gasteiger charge is -2.20. The molecule has 1 fully saturated rings. The highest BCUT2D eigenvalue weighted by atomic mass is 19.1. The van der Waals surface area contributed by atoms with Crippen LogP contribution in [0.4, 0.5) is 14.9 Å². The van der Waals surface area contributed by atoms with Gasteiger partial charge >= 0.3 is 6.03 Å². The molecule has 1 aliphatic rings. The van der Waals surface area contributed by atoms with E-state index in [-0.39, 0.29) is 23.7 Å². The van der Waals surface area contributed by atoms with Crippen LogP contribution < -0.4 is 16.0 Å². The van der Waals surface area contributed by atoms with E-state index in [2.05, 4.69) is 16.0 Å². The van der Waals surface area contributed by atoms with Gasteiger partial charge < -0.3 is 16.0 Å². The van der Waals surface area contributed by atoms with Gasteiger partial charge in [0, 0.05) is 24.7 Å². The number of anilines is 1. The van der Waals surface area contributed by atoms with Gasteiger partial charge in [0.1, 0.15) is 5.82 Å². The van der Waals surface area contributed by atoms with Crippen LogP contribution in [0.5, 0.6) is 0 Å². The zero-order valence-electron chi connectivity index (χ0n) is 15.8. The molecular formula is C22H26FN3O2. The van der Waals surface area contributed by atoms with Gasteiger partial charge in [-0.25, -0.2) is 9.18 Å². The fourth-order valence-corrected chi connectivity index (χ4v) is 3.36. The largest absolute Gasteiger partial charge is 0.352 e. The molecule has 0 unspecified atom stereocenters. The Balaban J connectivity index is 1.41. The second kappa shape index (κ2) is 9.88. The SMILES string of the molecule is O=C(NCc1ccc(F)cc1)Nc1ccc(CNC(=O)C2CCCCC2)cc1. The molecule has 0 atom stereocenters. The third-order valence-corrected chi connectivity index (χ3v) is 5.02. The van der Waals surface area contributed by atoms with Crippen molar-refractivity contribution in [3.05, 3.63) is 65.5 Å². The molecule has 3 N–H and O–H groups in total. The lowest BCUT2D eigenvalue weighted by molar-refractivity contribution is -0.126. The third-order valence-electron chi connectivity index (χ3n) is 5.02. The summed E-state index contributed by atoms with van der Waals surface area (Å²) in [7, 11) is 0. The van der Waals surface area contributed by atoms with E-state index < -0.39 is 0 Å². The highest BCUT2D eigenvalue weighted by molar-refractivity contribution is 5.89. The Morgan fingerprint density at radius 2 is 1.39 bits per heavy atom. The van der Waals surface area contributed by atoms with Gasteiger partial charge in [-0.2, -0.15) is 0 Å². The molecule has 2 aromatic carbocycles. The molecular weight excluding hydrogens is 357 g/mol. The van der Waals surface area contributed by atoms with E-state index in [1.807, 2.05) is 12.1 Å². The molecule has 28 heavy (non-hydrogen) atoms. The Morgan fingerprint density at radius 1 is 0.821 bits per heavy atom. The maximum Gasteiger partial charge on any atom is 0.319 e. The molecule has 1 saturated carbocycles. The number of carbonyl (C=O) groups is 2. The number of carbonyl (C=O) groups excluding carboxylic acids is 2. The normalized spacial score (nSPS) is 14.3. The van der Waals surface area contributed by atoms with Crippen molar-refractivity contribution >= 4 is 17.6 Å². The van der Waals surface area contributed by atoms with Crippen LogP contribution in [-0.2, 0) is 17.9 Å². The Bertz CT molecular complexity index is 784. The van der Waals surface area contributed by atoms with E-state index in [1.165, 1.54) is 18.6 Å². The summed E-state index contributed by atoms with van der Waals surface area (Å²) in [5.74, 6) is -0.00946. The van der Waals surface area contributed by atoms with E-state index in [0.717, 1.165) is 36.8 Å². The van der Waals surface area contributed by atoms with Crippen LogP contribution in [0.3, 0.4) is 0 Å². The lowest BCUT2D eigenvalue weighted by atomic mass is 9.88. The van der Waals surface area contributed by atoms with Gasteiger partial charge in [0.05, 0.1) is 0 Å². The second-order valence-electron chi connectivity index (χ2n) is 7.18. The molecule has 0 bridgehead atoms. The molecule has 0 radical (unpaired) electrons. The van der Waals surface area contributed by atoms with E-state index in [0.29, 0.717) is 18.8 Å². The van der Waals surface area contributed by atoms with Crippen LogP contribution in [0.1, 0.15) is 43.2 Å². The summed E-state index contributed by atoms with van der Waals surface area (Å²) in [6, 6.07) is 13.0. The van der Waals surface area contributed by atoms with Crippen LogP contribution in [0.25, 0.3) is 0 Å². The minimum atomic E-state index is -0.331. The van der Waals surface area contributed by atoms with Crippen molar-refractivity contribution in [2.24, 2.45) is 5.92 Å². The maximum atomic E-state index is 12.9. The van der Waals surface area contributed by atoms with Crippen molar-refractivity contribution < 1.29 is 14.0 Å². The van der Waals surface area contributed by atoms with Gasteiger partial charge in [-0.3, -0.25) is 4.79 Å². The smallest absolute Gasteiger partial charge is 0.319 e. The first-order chi connectivity index (χ1) is 13.6. The molecule has 0 heterocycles. The van der Waals surface area contributed by atoms with E-state index >= 15 is 0 Å². The molecule has 1 aliphatic carbocycles. The number of urea groups is 1. The molecule has 3 amide bonds. The van der Waals surface area contributed by atoms with Crippen molar-refractivity contribution in [1.82, 2.24) is 10.6 Å². The van der Waals surface area contributed by atoms with Gasteiger partial charge in [0.25, 0.3) is 0 Å². The molecule has 6 heteroatoms. The molecule has 5 nitrogen and oxygen atoms in total. The topological polar surface area (TPSA) is 70.2 Å². The van der Waals surface area contributed by atoms with Crippen molar-refractivity contribution in [2.45, 2.75) is 45.2 Å². The van der Waals surface area contributed by atoms with E-state index in [9.17, 15) is 14.0 Å². The molecule has 0 saturated heterocycles. The summed E-state index contributed by atoms with van der Waals surface area (Å²) < 4.78 is 12.9. The van der Waals surface area contributed by atoms with Gasteiger partial charge in [-0.05, 0) is 48.2 Å². The first-order valence-corrected chi connectivity index (χ1v) is 9.76. The molecule has 3 rings (SSSR count). The second-order valence-corrected chi connectivity index (χ2v) is 7.18. The van der Waals surface area contributed by atoms with Crippen LogP contribution in [-0.4, -0.2) is 11.9 Å². The van der Waals surface area contributed by atoms with Gasteiger partial charge in [0.2, 0.25) is 5.91 Å². The van der Waals surface area contributed by atoms with Crippen LogP contribution in [0, 0.1) is 11.7 Å². The van der Waals surface area contributed by atoms with Crippen molar-refractivity contribution in [3.8, 4) is 0 Å². The number of benzene rings is 2. The fourth-order valence-electron chi connectivity index (χ4n) is 3.36.